The van der Waals surface area contributed by atoms with Gasteiger partial charge in [0.15, 0.2) is 0 Å². The van der Waals surface area contributed by atoms with Crippen molar-refractivity contribution in [1.29, 1.82) is 0 Å². The Morgan fingerprint density at radius 1 is 1.36 bits per heavy atom. The Morgan fingerprint density at radius 2 is 2.18 bits per heavy atom. The zero-order valence-electron chi connectivity index (χ0n) is 12.5. The van der Waals surface area contributed by atoms with Gasteiger partial charge >= 0.3 is 0 Å². The second-order valence-corrected chi connectivity index (χ2v) is 6.05. The largest absolute Gasteiger partial charge is 0.508 e. The van der Waals surface area contributed by atoms with Gasteiger partial charge in [-0.15, -0.1) is 11.3 Å². The fourth-order valence-electron chi connectivity index (χ4n) is 2.15. The second kappa shape index (κ2) is 7.91. The van der Waals surface area contributed by atoms with Crippen LogP contribution in [0.4, 0.5) is 0 Å². The number of benzene rings is 1. The van der Waals surface area contributed by atoms with Crippen molar-refractivity contribution < 1.29 is 15.1 Å². The van der Waals surface area contributed by atoms with Crippen LogP contribution in [0.5, 0.6) is 5.75 Å². The van der Waals surface area contributed by atoms with Gasteiger partial charge in [0.1, 0.15) is 5.75 Å². The van der Waals surface area contributed by atoms with E-state index in [2.05, 4.69) is 11.9 Å². The molecule has 0 bridgehead atoms. The summed E-state index contributed by atoms with van der Waals surface area (Å²) >= 11 is 1.49. The Kier molecular flexibility index (Phi) is 5.91. The summed E-state index contributed by atoms with van der Waals surface area (Å²) in [4.78, 5) is 15.5. The van der Waals surface area contributed by atoms with Crippen LogP contribution in [0.3, 0.4) is 0 Å². The maximum atomic E-state index is 11.0. The highest BCUT2D eigenvalue weighted by Gasteiger charge is 2.09. The molecule has 1 aromatic carbocycles. The number of unbranched alkanes of at least 4 members (excludes halogenated alkanes) is 1. The lowest BCUT2D eigenvalue weighted by molar-refractivity contribution is -0.129. The number of nitrogens with zero attached hydrogens (tertiary/aromatic N) is 1. The van der Waals surface area contributed by atoms with E-state index in [9.17, 15) is 9.90 Å². The second-order valence-electron chi connectivity index (χ2n) is 5.11. The van der Waals surface area contributed by atoms with Gasteiger partial charge in [-0.05, 0) is 36.6 Å². The summed E-state index contributed by atoms with van der Waals surface area (Å²) in [7, 11) is 0. The minimum Gasteiger partial charge on any atom is -0.508 e. The van der Waals surface area contributed by atoms with Gasteiger partial charge in [0.05, 0.1) is 10.7 Å². The molecule has 0 atom stereocenters. The molecule has 5 nitrogen and oxygen atoms in total. The van der Waals surface area contributed by atoms with E-state index in [0.29, 0.717) is 12.2 Å². The molecule has 118 valence electrons. The molecule has 2 rings (SSSR count). The average molecular weight is 320 g/mol. The molecule has 0 saturated heterocycles. The van der Waals surface area contributed by atoms with Crippen LogP contribution in [-0.4, -0.2) is 21.2 Å². The van der Waals surface area contributed by atoms with E-state index in [0.717, 1.165) is 41.1 Å². The maximum Gasteiger partial charge on any atom is 0.243 e. The van der Waals surface area contributed by atoms with E-state index in [4.69, 9.17) is 5.21 Å². The fourth-order valence-corrected chi connectivity index (χ4v) is 2.95. The van der Waals surface area contributed by atoms with E-state index in [1.165, 1.54) is 11.3 Å². The normalized spacial score (nSPS) is 10.6. The van der Waals surface area contributed by atoms with Gasteiger partial charge in [0.2, 0.25) is 5.91 Å². The van der Waals surface area contributed by atoms with Crippen molar-refractivity contribution in [2.24, 2.45) is 0 Å². The summed E-state index contributed by atoms with van der Waals surface area (Å²) in [6.45, 7) is 2.12. The molecule has 0 aliphatic heterocycles. The van der Waals surface area contributed by atoms with Crippen molar-refractivity contribution in [2.45, 2.75) is 39.0 Å². The van der Waals surface area contributed by atoms with Gasteiger partial charge in [-0.2, -0.15) is 0 Å². The number of nitrogens with one attached hydrogen (secondary N) is 1. The van der Waals surface area contributed by atoms with E-state index in [1.807, 2.05) is 17.5 Å². The molecule has 1 amide bonds. The van der Waals surface area contributed by atoms with Crippen molar-refractivity contribution in [1.82, 2.24) is 10.5 Å². The van der Waals surface area contributed by atoms with Crippen molar-refractivity contribution in [3.63, 3.8) is 0 Å². The number of phenolic OH excluding ortho intramolecular Hbond substituents is 1. The first kappa shape index (κ1) is 16.5. The highest BCUT2D eigenvalue weighted by Crippen LogP contribution is 2.28. The number of carbonyl (C=O) groups excluding carboxylic acids is 1. The standard InChI is InChI=1S/C16H20N2O3S/c1-2-3-4-12-9-11(5-6-14(12)19)13-10-22-16(17-13)8-7-15(20)18-21/h5-6,9-10,19,21H,2-4,7-8H2,1H3,(H,18,20). The quantitative estimate of drug-likeness (QED) is 0.540. The summed E-state index contributed by atoms with van der Waals surface area (Å²) in [5.74, 6) is -0.0875. The minimum absolute atomic E-state index is 0.209. The maximum absolute atomic E-state index is 11.0. The molecule has 0 fully saturated rings. The number of hydrogen-bond acceptors (Lipinski definition) is 5. The lowest BCUT2D eigenvalue weighted by Gasteiger charge is -2.06. The third-order valence-corrected chi connectivity index (χ3v) is 4.33. The number of thiazole rings is 1. The number of aryl methyl sites for hydroxylation is 2. The Balaban J connectivity index is 2.11. The Morgan fingerprint density at radius 3 is 2.91 bits per heavy atom. The van der Waals surface area contributed by atoms with Crippen LogP contribution in [0.1, 0.15) is 36.8 Å². The number of aromatic hydroxyl groups is 1. The smallest absolute Gasteiger partial charge is 0.243 e. The summed E-state index contributed by atoms with van der Waals surface area (Å²) in [6, 6.07) is 5.53. The van der Waals surface area contributed by atoms with Crippen molar-refractivity contribution in [3.05, 3.63) is 34.2 Å². The molecule has 0 radical (unpaired) electrons. The van der Waals surface area contributed by atoms with Crippen LogP contribution in [0, 0.1) is 0 Å². The molecule has 22 heavy (non-hydrogen) atoms. The summed E-state index contributed by atoms with van der Waals surface area (Å²) in [5, 5.41) is 21.2. The fraction of sp³-hybridized carbons (Fsp3) is 0.375. The third kappa shape index (κ3) is 4.29. The first-order valence-corrected chi connectivity index (χ1v) is 8.21. The summed E-state index contributed by atoms with van der Waals surface area (Å²) in [5.41, 5.74) is 4.38. The molecule has 0 aliphatic rings. The van der Waals surface area contributed by atoms with E-state index < -0.39 is 5.91 Å². The highest BCUT2D eigenvalue weighted by molar-refractivity contribution is 7.09. The summed E-state index contributed by atoms with van der Waals surface area (Å²) in [6.07, 6.45) is 3.68. The lowest BCUT2D eigenvalue weighted by atomic mass is 10.0. The van der Waals surface area contributed by atoms with Crippen LogP contribution >= 0.6 is 11.3 Å². The zero-order chi connectivity index (χ0) is 15.9. The van der Waals surface area contributed by atoms with Crippen molar-refractivity contribution in [3.8, 4) is 17.0 Å². The van der Waals surface area contributed by atoms with Gasteiger partial charge in [0.25, 0.3) is 0 Å². The molecule has 0 spiro atoms. The topological polar surface area (TPSA) is 82.5 Å². The lowest BCUT2D eigenvalue weighted by Crippen LogP contribution is -2.18. The molecule has 3 N–H and O–H groups in total. The predicted octanol–water partition coefficient (Wildman–Crippen LogP) is 3.30. The van der Waals surface area contributed by atoms with Gasteiger partial charge in [-0.1, -0.05) is 13.3 Å². The Labute approximate surface area is 133 Å². The molecule has 0 unspecified atom stereocenters. The van der Waals surface area contributed by atoms with E-state index in [-0.39, 0.29) is 6.42 Å². The molecular formula is C16H20N2O3S. The summed E-state index contributed by atoms with van der Waals surface area (Å²) < 4.78 is 0. The number of carbonyl (C=O) groups is 1. The minimum atomic E-state index is -0.414. The number of rotatable bonds is 7. The molecular weight excluding hydrogens is 300 g/mol. The molecule has 2 aromatic rings. The van der Waals surface area contributed by atoms with Gasteiger partial charge in [0, 0.05) is 23.8 Å². The number of amides is 1. The zero-order valence-corrected chi connectivity index (χ0v) is 13.3. The van der Waals surface area contributed by atoms with Crippen LogP contribution in [0.25, 0.3) is 11.3 Å². The Hall–Kier alpha value is -1.92. The van der Waals surface area contributed by atoms with Crippen molar-refractivity contribution >= 4 is 17.2 Å². The highest BCUT2D eigenvalue weighted by atomic mass is 32.1. The van der Waals surface area contributed by atoms with Crippen LogP contribution in [0.15, 0.2) is 23.6 Å². The van der Waals surface area contributed by atoms with Crippen LogP contribution in [-0.2, 0) is 17.6 Å². The molecule has 0 aliphatic carbocycles. The number of hydroxylamine groups is 1. The number of hydrogen-bond donors (Lipinski definition) is 3. The van der Waals surface area contributed by atoms with Crippen LogP contribution in [0.2, 0.25) is 0 Å². The van der Waals surface area contributed by atoms with Gasteiger partial charge in [-0.3, -0.25) is 10.0 Å². The van der Waals surface area contributed by atoms with E-state index >= 15 is 0 Å². The van der Waals surface area contributed by atoms with Gasteiger partial charge < -0.3 is 5.11 Å². The van der Waals surface area contributed by atoms with Crippen molar-refractivity contribution in [2.75, 3.05) is 0 Å². The third-order valence-electron chi connectivity index (χ3n) is 3.42. The SMILES string of the molecule is CCCCc1cc(-c2csc(CCC(=O)NO)n2)ccc1O. The van der Waals surface area contributed by atoms with E-state index in [1.54, 1.807) is 11.5 Å². The molecule has 0 saturated carbocycles. The molecule has 1 heterocycles. The average Bonchev–Trinajstić information content (AvgIpc) is 3.00. The monoisotopic (exact) mass is 320 g/mol. The van der Waals surface area contributed by atoms with Gasteiger partial charge in [-0.25, -0.2) is 10.5 Å². The molecule has 1 aromatic heterocycles. The van der Waals surface area contributed by atoms with Crippen LogP contribution < -0.4 is 5.48 Å². The first-order chi connectivity index (χ1) is 10.6. The Bertz CT molecular complexity index is 640. The molecule has 6 heteroatoms. The number of aromatic nitrogens is 1. The predicted molar refractivity (Wildman–Crippen MR) is 86.1 cm³/mol. The number of phenols is 1. The first-order valence-electron chi connectivity index (χ1n) is 7.33.